The summed E-state index contributed by atoms with van der Waals surface area (Å²) in [6, 6.07) is 11.7. The number of halogens is 3. The Morgan fingerprint density at radius 2 is 1.72 bits per heavy atom. The predicted octanol–water partition coefficient (Wildman–Crippen LogP) is 6.12. The van der Waals surface area contributed by atoms with E-state index < -0.39 is 0 Å². The van der Waals surface area contributed by atoms with Crippen LogP contribution in [0.5, 0.6) is 0 Å². The minimum Gasteiger partial charge on any atom is -0.360 e. The Hall–Kier alpha value is -2.37. The number of hydrogen-bond acceptors (Lipinski definition) is 3. The fraction of sp³-hybridized carbons (Fsp3) is 0.273. The van der Waals surface area contributed by atoms with Crippen molar-refractivity contribution < 1.29 is 13.7 Å². The highest BCUT2D eigenvalue weighted by Gasteiger charge is 2.31. The van der Waals surface area contributed by atoms with Gasteiger partial charge in [-0.3, -0.25) is 4.79 Å². The quantitative estimate of drug-likeness (QED) is 0.500. The Kier molecular flexibility index (Phi) is 5.61. The van der Waals surface area contributed by atoms with E-state index in [1.165, 1.54) is 12.1 Å². The molecule has 0 atom stereocenters. The van der Waals surface area contributed by atoms with E-state index in [4.69, 9.17) is 27.7 Å². The predicted molar refractivity (Wildman–Crippen MR) is 111 cm³/mol. The first kappa shape index (κ1) is 19.9. The van der Waals surface area contributed by atoms with E-state index in [1.54, 1.807) is 30.0 Å². The number of likely N-dealkylation sites (tertiary alicyclic amines) is 1. The third kappa shape index (κ3) is 3.89. The average molecular weight is 433 g/mol. The highest BCUT2D eigenvalue weighted by molar-refractivity contribution is 6.39. The fourth-order valence-electron chi connectivity index (χ4n) is 3.83. The lowest BCUT2D eigenvalue weighted by Crippen LogP contribution is -2.38. The molecule has 2 aromatic carbocycles. The van der Waals surface area contributed by atoms with Crippen LogP contribution < -0.4 is 0 Å². The van der Waals surface area contributed by atoms with Crippen LogP contribution in [0.15, 0.2) is 47.0 Å². The van der Waals surface area contributed by atoms with Gasteiger partial charge in [0, 0.05) is 18.7 Å². The molecule has 0 aliphatic carbocycles. The van der Waals surface area contributed by atoms with Gasteiger partial charge in [0.2, 0.25) is 0 Å². The number of carbonyl (C=O) groups is 1. The van der Waals surface area contributed by atoms with Crippen LogP contribution in [0.1, 0.15) is 40.4 Å². The van der Waals surface area contributed by atoms with Gasteiger partial charge < -0.3 is 9.42 Å². The molecular formula is C22H19Cl2FN2O2. The second kappa shape index (κ2) is 8.17. The molecule has 0 radical (unpaired) electrons. The van der Waals surface area contributed by atoms with Gasteiger partial charge in [-0.15, -0.1) is 0 Å². The molecule has 0 N–H and O–H groups in total. The summed E-state index contributed by atoms with van der Waals surface area (Å²) in [6.07, 6.45) is 1.62. The summed E-state index contributed by atoms with van der Waals surface area (Å²) >= 11 is 12.6. The maximum atomic E-state index is 13.3. The summed E-state index contributed by atoms with van der Waals surface area (Å²) in [5.41, 5.74) is 2.35. The van der Waals surface area contributed by atoms with Crippen molar-refractivity contribution in [1.29, 1.82) is 0 Å². The Morgan fingerprint density at radius 1 is 1.10 bits per heavy atom. The monoisotopic (exact) mass is 432 g/mol. The van der Waals surface area contributed by atoms with Crippen molar-refractivity contribution in [1.82, 2.24) is 10.1 Å². The van der Waals surface area contributed by atoms with Crippen molar-refractivity contribution in [3.05, 3.63) is 75.2 Å². The van der Waals surface area contributed by atoms with Crippen LogP contribution in [0.2, 0.25) is 10.0 Å². The van der Waals surface area contributed by atoms with Crippen molar-refractivity contribution in [2.24, 2.45) is 0 Å². The number of rotatable bonds is 3. The second-order valence-electron chi connectivity index (χ2n) is 7.18. The second-order valence-corrected chi connectivity index (χ2v) is 7.99. The zero-order valence-electron chi connectivity index (χ0n) is 15.8. The summed E-state index contributed by atoms with van der Waals surface area (Å²) in [7, 11) is 0. The molecule has 1 saturated heterocycles. The van der Waals surface area contributed by atoms with E-state index in [2.05, 4.69) is 5.16 Å². The third-order valence-electron chi connectivity index (χ3n) is 5.40. The summed E-state index contributed by atoms with van der Waals surface area (Å²) in [5.74, 6) is 0.352. The van der Waals surface area contributed by atoms with Gasteiger partial charge in [0.05, 0.1) is 10.0 Å². The first-order valence-corrected chi connectivity index (χ1v) is 10.2. The van der Waals surface area contributed by atoms with E-state index >= 15 is 0 Å². The molecule has 3 aromatic rings. The van der Waals surface area contributed by atoms with Crippen LogP contribution in [0.25, 0.3) is 11.3 Å². The number of carbonyl (C=O) groups excluding carboxylic acids is 1. The number of hydrogen-bond donors (Lipinski definition) is 0. The molecule has 1 aromatic heterocycles. The maximum absolute atomic E-state index is 13.3. The van der Waals surface area contributed by atoms with E-state index in [0.29, 0.717) is 51.6 Å². The Bertz CT molecular complexity index is 1020. The van der Waals surface area contributed by atoms with Gasteiger partial charge in [0.1, 0.15) is 22.8 Å². The van der Waals surface area contributed by atoms with Gasteiger partial charge in [-0.1, -0.05) is 46.6 Å². The normalized spacial score (nSPS) is 15.0. The summed E-state index contributed by atoms with van der Waals surface area (Å²) in [6.45, 7) is 2.90. The van der Waals surface area contributed by atoms with Crippen LogP contribution in [0.4, 0.5) is 4.39 Å². The molecule has 2 heterocycles. The molecule has 0 spiro atoms. The number of amides is 1. The number of nitrogens with zero attached hydrogens (tertiary/aromatic N) is 2. The van der Waals surface area contributed by atoms with Gasteiger partial charge >= 0.3 is 0 Å². The molecule has 1 amide bonds. The highest BCUT2D eigenvalue weighted by atomic mass is 35.5. The topological polar surface area (TPSA) is 46.3 Å². The van der Waals surface area contributed by atoms with Gasteiger partial charge in [-0.25, -0.2) is 4.39 Å². The SMILES string of the molecule is Cc1onc(-c2c(Cl)cccc2Cl)c1C(=O)N1CCC(c2ccc(F)cc2)CC1. The first-order chi connectivity index (χ1) is 14.0. The standard InChI is InChI=1S/C22H19Cl2FN2O2/c1-13-19(21(26-29-13)20-17(23)3-2-4-18(20)24)22(28)27-11-9-15(10-12-27)14-5-7-16(25)8-6-14/h2-8,15H,9-12H2,1H3. The van der Waals surface area contributed by atoms with Crippen molar-refractivity contribution in [3.63, 3.8) is 0 Å². The smallest absolute Gasteiger partial charge is 0.259 e. The maximum Gasteiger partial charge on any atom is 0.259 e. The molecule has 1 aliphatic rings. The molecule has 1 fully saturated rings. The van der Waals surface area contributed by atoms with Crippen LogP contribution in [0, 0.1) is 12.7 Å². The summed E-state index contributed by atoms with van der Waals surface area (Å²) in [5, 5.41) is 4.89. The first-order valence-electron chi connectivity index (χ1n) is 9.41. The van der Waals surface area contributed by atoms with Gasteiger partial charge in [-0.2, -0.15) is 0 Å². The molecule has 29 heavy (non-hydrogen) atoms. The van der Waals surface area contributed by atoms with Crippen molar-refractivity contribution in [3.8, 4) is 11.3 Å². The van der Waals surface area contributed by atoms with Crippen molar-refractivity contribution in [2.45, 2.75) is 25.7 Å². The van der Waals surface area contributed by atoms with Crippen LogP contribution in [-0.4, -0.2) is 29.1 Å². The molecule has 4 rings (SSSR count). The highest BCUT2D eigenvalue weighted by Crippen LogP contribution is 2.38. The van der Waals surface area contributed by atoms with E-state index in [9.17, 15) is 9.18 Å². The zero-order valence-corrected chi connectivity index (χ0v) is 17.3. The van der Waals surface area contributed by atoms with E-state index in [0.717, 1.165) is 18.4 Å². The Labute approximate surface area is 178 Å². The van der Waals surface area contributed by atoms with Crippen molar-refractivity contribution >= 4 is 29.1 Å². The lowest BCUT2D eigenvalue weighted by molar-refractivity contribution is 0.0712. The minimum atomic E-state index is -0.241. The number of aryl methyl sites for hydroxylation is 1. The van der Waals surface area contributed by atoms with Crippen LogP contribution >= 0.6 is 23.2 Å². The number of piperidine rings is 1. The average Bonchev–Trinajstić information content (AvgIpc) is 3.09. The summed E-state index contributed by atoms with van der Waals surface area (Å²) < 4.78 is 18.5. The molecule has 150 valence electrons. The molecule has 0 saturated carbocycles. The largest absolute Gasteiger partial charge is 0.360 e. The van der Waals surface area contributed by atoms with Crippen molar-refractivity contribution in [2.75, 3.05) is 13.1 Å². The molecule has 0 bridgehead atoms. The van der Waals surface area contributed by atoms with Crippen LogP contribution in [0.3, 0.4) is 0 Å². The number of aromatic nitrogens is 1. The molecule has 1 aliphatic heterocycles. The van der Waals surface area contributed by atoms with Gasteiger partial charge in [-0.05, 0) is 55.5 Å². The van der Waals surface area contributed by atoms with E-state index in [-0.39, 0.29) is 11.7 Å². The van der Waals surface area contributed by atoms with Gasteiger partial charge in [0.25, 0.3) is 5.91 Å². The Balaban J connectivity index is 1.56. The van der Waals surface area contributed by atoms with E-state index in [1.807, 2.05) is 12.1 Å². The Morgan fingerprint density at radius 3 is 2.34 bits per heavy atom. The van der Waals surface area contributed by atoms with Crippen LogP contribution in [-0.2, 0) is 0 Å². The fourth-order valence-corrected chi connectivity index (χ4v) is 4.40. The lowest BCUT2D eigenvalue weighted by Gasteiger charge is -2.32. The molecule has 0 unspecified atom stereocenters. The summed E-state index contributed by atoms with van der Waals surface area (Å²) in [4.78, 5) is 15.1. The minimum absolute atomic E-state index is 0.146. The van der Waals surface area contributed by atoms with Gasteiger partial charge in [0.15, 0.2) is 0 Å². The molecule has 4 nitrogen and oxygen atoms in total. The third-order valence-corrected chi connectivity index (χ3v) is 6.03. The molecular weight excluding hydrogens is 414 g/mol. The number of benzene rings is 2. The lowest BCUT2D eigenvalue weighted by atomic mass is 9.89. The zero-order chi connectivity index (χ0) is 20.5. The molecule has 7 heteroatoms.